The standard InChI is InChI=1S/C14H22N2O2.ClH/c1-9(2)13(15)14(17)16-10(3)11-5-7-12(18-4)8-6-11;/h5-10,13H,15H2,1-4H3,(H,16,17);1H. The Labute approximate surface area is 121 Å². The molecule has 0 bridgehead atoms. The Kier molecular flexibility index (Phi) is 7.49. The quantitative estimate of drug-likeness (QED) is 0.873. The number of nitrogens with one attached hydrogen (secondary N) is 1. The van der Waals surface area contributed by atoms with Gasteiger partial charge in [-0.1, -0.05) is 26.0 Å². The fourth-order valence-corrected chi connectivity index (χ4v) is 1.59. The van der Waals surface area contributed by atoms with Crippen LogP contribution < -0.4 is 15.8 Å². The molecule has 1 rings (SSSR count). The van der Waals surface area contributed by atoms with E-state index in [1.807, 2.05) is 45.0 Å². The molecule has 3 N–H and O–H groups in total. The molecule has 0 spiro atoms. The second kappa shape index (κ2) is 8.02. The van der Waals surface area contributed by atoms with Crippen LogP contribution in [0, 0.1) is 5.92 Å². The van der Waals surface area contributed by atoms with Gasteiger partial charge in [-0.3, -0.25) is 4.79 Å². The second-order valence-electron chi connectivity index (χ2n) is 4.77. The van der Waals surface area contributed by atoms with Gasteiger partial charge in [-0.15, -0.1) is 12.4 Å². The van der Waals surface area contributed by atoms with Crippen molar-refractivity contribution < 1.29 is 9.53 Å². The molecule has 0 aromatic heterocycles. The normalized spacial score (nSPS) is 13.4. The minimum absolute atomic E-state index is 0. The molecule has 0 aliphatic carbocycles. The molecule has 1 aromatic carbocycles. The van der Waals surface area contributed by atoms with Gasteiger partial charge in [0.15, 0.2) is 0 Å². The third-order valence-corrected chi connectivity index (χ3v) is 3.00. The highest BCUT2D eigenvalue weighted by Gasteiger charge is 2.19. The lowest BCUT2D eigenvalue weighted by molar-refractivity contribution is -0.123. The van der Waals surface area contributed by atoms with Gasteiger partial charge in [0.05, 0.1) is 19.2 Å². The van der Waals surface area contributed by atoms with Gasteiger partial charge < -0.3 is 15.8 Å². The van der Waals surface area contributed by atoms with E-state index < -0.39 is 6.04 Å². The topological polar surface area (TPSA) is 64.3 Å². The summed E-state index contributed by atoms with van der Waals surface area (Å²) >= 11 is 0. The number of ether oxygens (including phenoxy) is 1. The SMILES string of the molecule is COc1ccc(C(C)NC(=O)C(N)C(C)C)cc1.Cl. The van der Waals surface area contributed by atoms with E-state index in [1.54, 1.807) is 7.11 Å². The molecule has 5 heteroatoms. The number of rotatable bonds is 5. The highest BCUT2D eigenvalue weighted by atomic mass is 35.5. The van der Waals surface area contributed by atoms with Gasteiger partial charge in [0.1, 0.15) is 5.75 Å². The Morgan fingerprint density at radius 1 is 1.21 bits per heavy atom. The molecule has 19 heavy (non-hydrogen) atoms. The molecule has 2 atom stereocenters. The van der Waals surface area contributed by atoms with Gasteiger partial charge in [-0.25, -0.2) is 0 Å². The van der Waals surface area contributed by atoms with E-state index >= 15 is 0 Å². The molecular formula is C14H23ClN2O2. The molecule has 108 valence electrons. The van der Waals surface area contributed by atoms with Crippen LogP contribution in [-0.4, -0.2) is 19.1 Å². The van der Waals surface area contributed by atoms with E-state index in [-0.39, 0.29) is 30.3 Å². The number of hydrogen-bond donors (Lipinski definition) is 2. The van der Waals surface area contributed by atoms with Crippen molar-refractivity contribution >= 4 is 18.3 Å². The van der Waals surface area contributed by atoms with Crippen molar-refractivity contribution in [2.75, 3.05) is 7.11 Å². The summed E-state index contributed by atoms with van der Waals surface area (Å²) in [5.41, 5.74) is 6.83. The summed E-state index contributed by atoms with van der Waals surface area (Å²) in [6.07, 6.45) is 0. The smallest absolute Gasteiger partial charge is 0.237 e. The van der Waals surface area contributed by atoms with Crippen LogP contribution in [0.1, 0.15) is 32.4 Å². The Balaban J connectivity index is 0.00000324. The van der Waals surface area contributed by atoms with Gasteiger partial charge >= 0.3 is 0 Å². The minimum Gasteiger partial charge on any atom is -0.497 e. The lowest BCUT2D eigenvalue weighted by atomic mass is 10.0. The third-order valence-electron chi connectivity index (χ3n) is 3.00. The summed E-state index contributed by atoms with van der Waals surface area (Å²) < 4.78 is 5.09. The van der Waals surface area contributed by atoms with Gasteiger partial charge in [0.2, 0.25) is 5.91 Å². The number of hydrogen-bond acceptors (Lipinski definition) is 3. The highest BCUT2D eigenvalue weighted by molar-refractivity contribution is 5.85. The van der Waals surface area contributed by atoms with Crippen molar-refractivity contribution in [3.05, 3.63) is 29.8 Å². The van der Waals surface area contributed by atoms with Crippen LogP contribution in [0.15, 0.2) is 24.3 Å². The number of methoxy groups -OCH3 is 1. The lowest BCUT2D eigenvalue weighted by Crippen LogP contribution is -2.44. The molecule has 0 saturated heterocycles. The van der Waals surface area contributed by atoms with Crippen molar-refractivity contribution in [2.45, 2.75) is 32.9 Å². The average molecular weight is 287 g/mol. The summed E-state index contributed by atoms with van der Waals surface area (Å²) in [5, 5.41) is 2.91. The second-order valence-corrected chi connectivity index (χ2v) is 4.77. The van der Waals surface area contributed by atoms with Crippen LogP contribution in [0.3, 0.4) is 0 Å². The van der Waals surface area contributed by atoms with Crippen molar-refractivity contribution in [1.82, 2.24) is 5.32 Å². The number of amides is 1. The number of halogens is 1. The first-order valence-electron chi connectivity index (χ1n) is 6.15. The van der Waals surface area contributed by atoms with E-state index in [4.69, 9.17) is 10.5 Å². The number of carbonyl (C=O) groups excluding carboxylic acids is 1. The number of nitrogens with two attached hydrogens (primary N) is 1. The number of benzene rings is 1. The predicted octanol–water partition coefficient (Wildman–Crippen LogP) is 2.28. The fraction of sp³-hybridized carbons (Fsp3) is 0.500. The van der Waals surface area contributed by atoms with E-state index in [9.17, 15) is 4.79 Å². The largest absolute Gasteiger partial charge is 0.497 e. The fourth-order valence-electron chi connectivity index (χ4n) is 1.59. The molecule has 4 nitrogen and oxygen atoms in total. The van der Waals surface area contributed by atoms with Gasteiger partial charge in [-0.2, -0.15) is 0 Å². The zero-order chi connectivity index (χ0) is 13.7. The van der Waals surface area contributed by atoms with Crippen molar-refractivity contribution in [3.63, 3.8) is 0 Å². The lowest BCUT2D eigenvalue weighted by Gasteiger charge is -2.20. The first-order chi connectivity index (χ1) is 8.45. The van der Waals surface area contributed by atoms with Crippen LogP contribution in [-0.2, 0) is 4.79 Å². The summed E-state index contributed by atoms with van der Waals surface area (Å²) in [6, 6.07) is 7.09. The zero-order valence-corrected chi connectivity index (χ0v) is 12.7. The summed E-state index contributed by atoms with van der Waals surface area (Å²) in [4.78, 5) is 11.8. The van der Waals surface area contributed by atoms with Crippen molar-refractivity contribution in [2.24, 2.45) is 11.7 Å². The first kappa shape index (κ1) is 17.7. The van der Waals surface area contributed by atoms with Gasteiger partial charge in [0.25, 0.3) is 0 Å². The third kappa shape index (κ3) is 5.09. The van der Waals surface area contributed by atoms with Crippen LogP contribution in [0.4, 0.5) is 0 Å². The maximum Gasteiger partial charge on any atom is 0.237 e. The molecule has 0 heterocycles. The van der Waals surface area contributed by atoms with Crippen LogP contribution in [0.2, 0.25) is 0 Å². The molecule has 0 aliphatic rings. The van der Waals surface area contributed by atoms with Gasteiger partial charge in [0, 0.05) is 0 Å². The zero-order valence-electron chi connectivity index (χ0n) is 11.8. The molecule has 2 unspecified atom stereocenters. The predicted molar refractivity (Wildman–Crippen MR) is 79.6 cm³/mol. The Bertz CT molecular complexity index is 393. The molecule has 0 fully saturated rings. The van der Waals surface area contributed by atoms with Crippen LogP contribution >= 0.6 is 12.4 Å². The van der Waals surface area contributed by atoms with Crippen LogP contribution in [0.5, 0.6) is 5.75 Å². The monoisotopic (exact) mass is 286 g/mol. The Morgan fingerprint density at radius 3 is 2.16 bits per heavy atom. The van der Waals surface area contributed by atoms with E-state index in [0.717, 1.165) is 11.3 Å². The van der Waals surface area contributed by atoms with Crippen molar-refractivity contribution in [1.29, 1.82) is 0 Å². The molecule has 0 aliphatic heterocycles. The molecule has 0 saturated carbocycles. The number of carbonyl (C=O) groups is 1. The molecule has 0 radical (unpaired) electrons. The Hall–Kier alpha value is -1.26. The Morgan fingerprint density at radius 2 is 1.74 bits per heavy atom. The van der Waals surface area contributed by atoms with Crippen LogP contribution in [0.25, 0.3) is 0 Å². The molecular weight excluding hydrogens is 264 g/mol. The first-order valence-corrected chi connectivity index (χ1v) is 6.15. The van der Waals surface area contributed by atoms with E-state index in [0.29, 0.717) is 0 Å². The average Bonchev–Trinajstić information content (AvgIpc) is 2.37. The summed E-state index contributed by atoms with van der Waals surface area (Å²) in [5.74, 6) is 0.817. The maximum absolute atomic E-state index is 11.8. The summed E-state index contributed by atoms with van der Waals surface area (Å²) in [6.45, 7) is 5.80. The maximum atomic E-state index is 11.8. The van der Waals surface area contributed by atoms with Crippen molar-refractivity contribution in [3.8, 4) is 5.75 Å². The van der Waals surface area contributed by atoms with E-state index in [1.165, 1.54) is 0 Å². The van der Waals surface area contributed by atoms with E-state index in [2.05, 4.69) is 5.32 Å². The highest BCUT2D eigenvalue weighted by Crippen LogP contribution is 2.17. The summed E-state index contributed by atoms with van der Waals surface area (Å²) in [7, 11) is 1.63. The van der Waals surface area contributed by atoms with Gasteiger partial charge in [-0.05, 0) is 30.5 Å². The minimum atomic E-state index is -0.467. The molecule has 1 aromatic rings. The molecule has 1 amide bonds.